The highest BCUT2D eigenvalue weighted by atomic mass is 35.5. The summed E-state index contributed by atoms with van der Waals surface area (Å²) < 4.78 is 0. The smallest absolute Gasteiger partial charge is 0.177 e. The van der Waals surface area contributed by atoms with Gasteiger partial charge in [0.15, 0.2) is 11.5 Å². The minimum Gasteiger partial charge on any atom is -0.504 e. The van der Waals surface area contributed by atoms with E-state index in [4.69, 9.17) is 17.3 Å². The normalized spacial score (nSPS) is 10.9. The maximum Gasteiger partial charge on any atom is 0.177 e. The van der Waals surface area contributed by atoms with Crippen LogP contribution < -0.4 is 5.73 Å². The van der Waals surface area contributed by atoms with Crippen molar-refractivity contribution in [1.29, 1.82) is 0 Å². The molecular weight excluding hydrogens is 190 g/mol. The van der Waals surface area contributed by atoms with Gasteiger partial charge >= 0.3 is 0 Å². The quantitative estimate of drug-likeness (QED) is 0.636. The monoisotopic (exact) mass is 199 g/mol. The molecule has 0 aromatic heterocycles. The van der Waals surface area contributed by atoms with Crippen LogP contribution in [0.25, 0.3) is 6.08 Å². The second kappa shape index (κ2) is 4.16. The van der Waals surface area contributed by atoms with E-state index >= 15 is 0 Å². The minimum atomic E-state index is -0.305. The van der Waals surface area contributed by atoms with E-state index in [1.807, 2.05) is 0 Å². The summed E-state index contributed by atoms with van der Waals surface area (Å²) in [7, 11) is 0. The lowest BCUT2D eigenvalue weighted by Crippen LogP contribution is -1.92. The Kier molecular flexibility index (Phi) is 3.17. The Morgan fingerprint density at radius 3 is 2.62 bits per heavy atom. The Balaban J connectivity index is 3.11. The molecule has 0 unspecified atom stereocenters. The van der Waals surface area contributed by atoms with E-state index in [1.54, 1.807) is 18.2 Å². The molecule has 4 N–H and O–H groups in total. The number of aromatic hydroxyl groups is 2. The Labute approximate surface area is 81.1 Å². The fourth-order valence-electron chi connectivity index (χ4n) is 0.900. The largest absolute Gasteiger partial charge is 0.504 e. The SMILES string of the molecule is NC/C=C/c1ccc(Cl)c(O)c1O. The summed E-state index contributed by atoms with van der Waals surface area (Å²) in [6.07, 6.45) is 3.29. The van der Waals surface area contributed by atoms with Crippen LogP contribution in [0.4, 0.5) is 0 Å². The zero-order valence-corrected chi connectivity index (χ0v) is 7.62. The maximum atomic E-state index is 9.38. The number of benzene rings is 1. The molecule has 1 rings (SSSR count). The molecule has 13 heavy (non-hydrogen) atoms. The van der Waals surface area contributed by atoms with Crippen LogP contribution in [-0.2, 0) is 0 Å². The first-order chi connectivity index (χ1) is 6.16. The van der Waals surface area contributed by atoms with Crippen molar-refractivity contribution in [2.45, 2.75) is 0 Å². The van der Waals surface area contributed by atoms with E-state index in [-0.39, 0.29) is 16.5 Å². The van der Waals surface area contributed by atoms with Gasteiger partial charge in [0.1, 0.15) is 0 Å². The van der Waals surface area contributed by atoms with Crippen LogP contribution in [0.2, 0.25) is 5.02 Å². The fourth-order valence-corrected chi connectivity index (χ4v) is 1.05. The minimum absolute atomic E-state index is 0.127. The zero-order valence-electron chi connectivity index (χ0n) is 6.87. The summed E-state index contributed by atoms with van der Waals surface area (Å²) in [6, 6.07) is 3.11. The Morgan fingerprint density at radius 2 is 2.00 bits per heavy atom. The molecule has 0 fully saturated rings. The second-order valence-corrected chi connectivity index (χ2v) is 2.88. The second-order valence-electron chi connectivity index (χ2n) is 2.47. The third-order valence-electron chi connectivity index (χ3n) is 1.57. The van der Waals surface area contributed by atoms with Gasteiger partial charge in [-0.2, -0.15) is 0 Å². The Bertz CT molecular complexity index is 337. The van der Waals surface area contributed by atoms with Crippen molar-refractivity contribution in [3.63, 3.8) is 0 Å². The molecule has 70 valence electrons. The molecule has 3 nitrogen and oxygen atoms in total. The number of halogens is 1. The molecule has 1 aromatic rings. The molecule has 0 aliphatic heterocycles. The fraction of sp³-hybridized carbons (Fsp3) is 0.111. The number of hydrogen-bond acceptors (Lipinski definition) is 3. The van der Waals surface area contributed by atoms with Crippen LogP contribution in [0.15, 0.2) is 18.2 Å². The van der Waals surface area contributed by atoms with Gasteiger partial charge in [-0.25, -0.2) is 0 Å². The summed E-state index contributed by atoms with van der Waals surface area (Å²) in [6.45, 7) is 0.378. The number of phenols is 2. The lowest BCUT2D eigenvalue weighted by atomic mass is 10.1. The first kappa shape index (κ1) is 9.89. The van der Waals surface area contributed by atoms with Crippen LogP contribution in [0, 0.1) is 0 Å². The van der Waals surface area contributed by atoms with Crippen LogP contribution in [0.1, 0.15) is 5.56 Å². The van der Waals surface area contributed by atoms with Gasteiger partial charge in [0.2, 0.25) is 0 Å². The molecule has 0 atom stereocenters. The third-order valence-corrected chi connectivity index (χ3v) is 1.87. The maximum absolute atomic E-state index is 9.38. The van der Waals surface area contributed by atoms with Crippen LogP contribution in [0.3, 0.4) is 0 Å². The zero-order chi connectivity index (χ0) is 9.84. The van der Waals surface area contributed by atoms with E-state index in [0.717, 1.165) is 0 Å². The summed E-state index contributed by atoms with van der Waals surface area (Å²) in [5.74, 6) is -0.530. The van der Waals surface area contributed by atoms with E-state index in [9.17, 15) is 10.2 Å². The molecule has 0 saturated carbocycles. The van der Waals surface area contributed by atoms with Gasteiger partial charge in [-0.3, -0.25) is 0 Å². The molecule has 0 heterocycles. The average Bonchev–Trinajstić information content (AvgIpc) is 2.13. The highest BCUT2D eigenvalue weighted by molar-refractivity contribution is 6.32. The average molecular weight is 200 g/mol. The highest BCUT2D eigenvalue weighted by Gasteiger charge is 2.07. The van der Waals surface area contributed by atoms with Crippen molar-refractivity contribution in [2.24, 2.45) is 5.73 Å². The van der Waals surface area contributed by atoms with Crippen LogP contribution in [-0.4, -0.2) is 16.8 Å². The molecule has 0 aliphatic carbocycles. The molecule has 0 saturated heterocycles. The summed E-state index contributed by atoms with van der Waals surface area (Å²) in [4.78, 5) is 0. The van der Waals surface area contributed by atoms with E-state index in [2.05, 4.69) is 0 Å². The van der Waals surface area contributed by atoms with Crippen molar-refractivity contribution in [2.75, 3.05) is 6.54 Å². The molecule has 0 radical (unpaired) electrons. The predicted octanol–water partition coefficient (Wildman–Crippen LogP) is 1.72. The van der Waals surface area contributed by atoms with E-state index < -0.39 is 0 Å². The van der Waals surface area contributed by atoms with Crippen LogP contribution >= 0.6 is 11.6 Å². The van der Waals surface area contributed by atoms with E-state index in [1.165, 1.54) is 6.07 Å². The topological polar surface area (TPSA) is 66.5 Å². The number of hydrogen-bond donors (Lipinski definition) is 3. The standard InChI is InChI=1S/C9H10ClNO2/c10-7-4-3-6(2-1-5-11)8(12)9(7)13/h1-4,12-13H,5,11H2/b2-1+. The van der Waals surface area contributed by atoms with Gasteiger partial charge < -0.3 is 15.9 Å². The van der Waals surface area contributed by atoms with Crippen molar-refractivity contribution in [1.82, 2.24) is 0 Å². The Hall–Kier alpha value is -1.19. The van der Waals surface area contributed by atoms with E-state index in [0.29, 0.717) is 12.1 Å². The molecule has 0 amide bonds. The summed E-state index contributed by atoms with van der Waals surface area (Å²) in [5.41, 5.74) is 5.73. The molecule has 0 bridgehead atoms. The van der Waals surface area contributed by atoms with Crippen molar-refractivity contribution < 1.29 is 10.2 Å². The van der Waals surface area contributed by atoms with Gasteiger partial charge in [-0.1, -0.05) is 23.8 Å². The van der Waals surface area contributed by atoms with Crippen LogP contribution in [0.5, 0.6) is 11.5 Å². The highest BCUT2D eigenvalue weighted by Crippen LogP contribution is 2.36. The molecule has 0 aliphatic rings. The molecule has 0 spiro atoms. The summed E-state index contributed by atoms with van der Waals surface area (Å²) in [5, 5.41) is 18.7. The van der Waals surface area contributed by atoms with Gasteiger partial charge in [-0.15, -0.1) is 0 Å². The van der Waals surface area contributed by atoms with Crippen molar-refractivity contribution in [3.8, 4) is 11.5 Å². The number of nitrogens with two attached hydrogens (primary N) is 1. The summed E-state index contributed by atoms with van der Waals surface area (Å²) >= 11 is 5.56. The number of phenolic OH excluding ortho intramolecular Hbond substituents is 2. The van der Waals surface area contributed by atoms with Gasteiger partial charge in [0.05, 0.1) is 5.02 Å². The third kappa shape index (κ3) is 2.14. The molecule has 4 heteroatoms. The number of rotatable bonds is 2. The first-order valence-electron chi connectivity index (χ1n) is 3.74. The predicted molar refractivity (Wildman–Crippen MR) is 52.9 cm³/mol. The van der Waals surface area contributed by atoms with Crippen molar-refractivity contribution >= 4 is 17.7 Å². The van der Waals surface area contributed by atoms with Gasteiger partial charge in [-0.05, 0) is 12.1 Å². The lowest BCUT2D eigenvalue weighted by molar-refractivity contribution is 0.403. The molecular formula is C9H10ClNO2. The Morgan fingerprint density at radius 1 is 1.31 bits per heavy atom. The van der Waals surface area contributed by atoms with Crippen molar-refractivity contribution in [3.05, 3.63) is 28.8 Å². The lowest BCUT2D eigenvalue weighted by Gasteiger charge is -2.02. The van der Waals surface area contributed by atoms with Gasteiger partial charge in [0, 0.05) is 12.1 Å². The molecule has 1 aromatic carbocycles. The first-order valence-corrected chi connectivity index (χ1v) is 4.11. The van der Waals surface area contributed by atoms with Gasteiger partial charge in [0.25, 0.3) is 0 Å².